The van der Waals surface area contributed by atoms with Gasteiger partial charge in [-0.2, -0.15) is 0 Å². The van der Waals surface area contributed by atoms with Crippen LogP contribution in [0.5, 0.6) is 5.75 Å². The van der Waals surface area contributed by atoms with E-state index in [0.29, 0.717) is 48.0 Å². The molecule has 0 unspecified atom stereocenters. The lowest BCUT2D eigenvalue weighted by atomic mass is 10.2. The standard InChI is InChI=1S/C18H20Cl3NO3/c19-15-2-4-18(14(10-15)11-22-5-7-24-8-6-23)25-12-13-1-3-16(20)17(21)9-13/h1-4,9-10,22-23H,5-8,11-12H2. The second kappa shape index (κ2) is 10.9. The lowest BCUT2D eigenvalue weighted by Crippen LogP contribution is -2.20. The van der Waals surface area contributed by atoms with E-state index in [0.717, 1.165) is 16.9 Å². The molecule has 2 rings (SSSR count). The van der Waals surface area contributed by atoms with Crippen LogP contribution in [0.4, 0.5) is 0 Å². The van der Waals surface area contributed by atoms with E-state index < -0.39 is 0 Å². The van der Waals surface area contributed by atoms with Gasteiger partial charge >= 0.3 is 0 Å². The smallest absolute Gasteiger partial charge is 0.124 e. The number of halogens is 3. The summed E-state index contributed by atoms with van der Waals surface area (Å²) in [5, 5.41) is 13.6. The van der Waals surface area contributed by atoms with E-state index in [1.807, 2.05) is 18.2 Å². The van der Waals surface area contributed by atoms with Gasteiger partial charge in [-0.25, -0.2) is 0 Å². The molecule has 0 saturated heterocycles. The predicted octanol–water partition coefficient (Wildman–Crippen LogP) is 4.32. The molecule has 0 amide bonds. The van der Waals surface area contributed by atoms with E-state index in [1.165, 1.54) is 0 Å². The molecule has 0 aliphatic heterocycles. The lowest BCUT2D eigenvalue weighted by Gasteiger charge is -2.13. The molecule has 7 heteroatoms. The van der Waals surface area contributed by atoms with Crippen molar-refractivity contribution in [3.8, 4) is 5.75 Å². The Morgan fingerprint density at radius 1 is 0.960 bits per heavy atom. The van der Waals surface area contributed by atoms with Gasteiger partial charge < -0.3 is 19.9 Å². The first-order chi connectivity index (χ1) is 12.1. The van der Waals surface area contributed by atoms with Crippen LogP contribution in [0.2, 0.25) is 15.1 Å². The number of ether oxygens (including phenoxy) is 2. The number of nitrogens with one attached hydrogen (secondary N) is 1. The van der Waals surface area contributed by atoms with Crippen LogP contribution >= 0.6 is 34.8 Å². The summed E-state index contributed by atoms with van der Waals surface area (Å²) >= 11 is 18.0. The van der Waals surface area contributed by atoms with Gasteiger partial charge in [-0.05, 0) is 35.9 Å². The highest BCUT2D eigenvalue weighted by molar-refractivity contribution is 6.42. The number of rotatable bonds is 10. The molecule has 0 aliphatic carbocycles. The molecule has 4 nitrogen and oxygen atoms in total. The molecular weight excluding hydrogens is 385 g/mol. The third kappa shape index (κ3) is 7.02. The van der Waals surface area contributed by atoms with Crippen LogP contribution < -0.4 is 10.1 Å². The van der Waals surface area contributed by atoms with Crippen molar-refractivity contribution >= 4 is 34.8 Å². The quantitative estimate of drug-likeness (QED) is 0.579. The molecule has 0 fully saturated rings. The summed E-state index contributed by atoms with van der Waals surface area (Å²) in [6.07, 6.45) is 0. The maximum atomic E-state index is 8.66. The van der Waals surface area contributed by atoms with Gasteiger partial charge in [-0.15, -0.1) is 0 Å². The van der Waals surface area contributed by atoms with E-state index in [2.05, 4.69) is 5.32 Å². The van der Waals surface area contributed by atoms with Crippen molar-refractivity contribution in [1.29, 1.82) is 0 Å². The van der Waals surface area contributed by atoms with Gasteiger partial charge in [-0.1, -0.05) is 40.9 Å². The first-order valence-electron chi connectivity index (χ1n) is 7.84. The minimum atomic E-state index is 0.0288. The molecule has 25 heavy (non-hydrogen) atoms. The molecule has 0 aromatic heterocycles. The Balaban J connectivity index is 1.92. The predicted molar refractivity (Wildman–Crippen MR) is 102 cm³/mol. The lowest BCUT2D eigenvalue weighted by molar-refractivity contribution is 0.0937. The highest BCUT2D eigenvalue weighted by Gasteiger charge is 2.06. The molecule has 2 N–H and O–H groups in total. The average molecular weight is 405 g/mol. The van der Waals surface area contributed by atoms with Crippen molar-refractivity contribution in [3.05, 3.63) is 62.6 Å². The number of aliphatic hydroxyl groups is 1. The maximum absolute atomic E-state index is 8.66. The van der Waals surface area contributed by atoms with Gasteiger partial charge in [0, 0.05) is 23.7 Å². The maximum Gasteiger partial charge on any atom is 0.124 e. The van der Waals surface area contributed by atoms with Crippen molar-refractivity contribution in [2.45, 2.75) is 13.2 Å². The van der Waals surface area contributed by atoms with Crippen molar-refractivity contribution in [3.63, 3.8) is 0 Å². The number of aliphatic hydroxyl groups excluding tert-OH is 1. The van der Waals surface area contributed by atoms with Gasteiger partial charge in [0.15, 0.2) is 0 Å². The van der Waals surface area contributed by atoms with Crippen molar-refractivity contribution in [2.24, 2.45) is 0 Å². The molecule has 0 saturated carbocycles. The highest BCUT2D eigenvalue weighted by Crippen LogP contribution is 2.26. The Bertz CT molecular complexity index is 683. The largest absolute Gasteiger partial charge is 0.489 e. The number of hydrogen-bond acceptors (Lipinski definition) is 4. The van der Waals surface area contributed by atoms with Gasteiger partial charge in [-0.3, -0.25) is 0 Å². The van der Waals surface area contributed by atoms with Crippen molar-refractivity contribution in [2.75, 3.05) is 26.4 Å². The summed E-state index contributed by atoms with van der Waals surface area (Å²) in [6, 6.07) is 10.9. The molecule has 2 aromatic carbocycles. The fraction of sp³-hybridized carbons (Fsp3) is 0.333. The fourth-order valence-electron chi connectivity index (χ4n) is 2.15. The van der Waals surface area contributed by atoms with Crippen molar-refractivity contribution < 1.29 is 14.6 Å². The molecule has 0 radical (unpaired) electrons. The van der Waals surface area contributed by atoms with Crippen LogP contribution in [0.25, 0.3) is 0 Å². The zero-order valence-corrected chi connectivity index (χ0v) is 15.9. The molecule has 0 atom stereocenters. The average Bonchev–Trinajstić information content (AvgIpc) is 2.60. The van der Waals surface area contributed by atoms with E-state index in [4.69, 9.17) is 49.4 Å². The van der Waals surface area contributed by atoms with Crippen LogP contribution in [0, 0.1) is 0 Å². The molecule has 2 aromatic rings. The Morgan fingerprint density at radius 3 is 2.56 bits per heavy atom. The van der Waals surface area contributed by atoms with E-state index in [-0.39, 0.29) is 6.61 Å². The third-order valence-corrected chi connectivity index (χ3v) is 4.35. The molecule has 0 spiro atoms. The van der Waals surface area contributed by atoms with Crippen molar-refractivity contribution in [1.82, 2.24) is 5.32 Å². The molecule has 0 heterocycles. The summed E-state index contributed by atoms with van der Waals surface area (Å²) in [5.74, 6) is 0.749. The zero-order valence-electron chi connectivity index (χ0n) is 13.6. The van der Waals surface area contributed by atoms with Crippen LogP contribution in [-0.4, -0.2) is 31.5 Å². The Labute approximate surface area is 162 Å². The first kappa shape index (κ1) is 20.3. The second-order valence-corrected chi connectivity index (χ2v) is 6.55. The summed E-state index contributed by atoms with van der Waals surface area (Å²) < 4.78 is 11.1. The molecule has 0 bridgehead atoms. The normalized spacial score (nSPS) is 10.9. The molecule has 136 valence electrons. The minimum Gasteiger partial charge on any atom is -0.489 e. The Kier molecular flexibility index (Phi) is 8.82. The molecular formula is C18H20Cl3NO3. The number of benzene rings is 2. The van der Waals surface area contributed by atoms with Gasteiger partial charge in [0.25, 0.3) is 0 Å². The van der Waals surface area contributed by atoms with E-state index in [9.17, 15) is 0 Å². The third-order valence-electron chi connectivity index (χ3n) is 3.38. The van der Waals surface area contributed by atoms with Gasteiger partial charge in [0.2, 0.25) is 0 Å². The topological polar surface area (TPSA) is 50.7 Å². The summed E-state index contributed by atoms with van der Waals surface area (Å²) in [6.45, 7) is 2.54. The summed E-state index contributed by atoms with van der Waals surface area (Å²) in [4.78, 5) is 0. The van der Waals surface area contributed by atoms with E-state index in [1.54, 1.807) is 18.2 Å². The molecule has 0 aliphatic rings. The summed E-state index contributed by atoms with van der Waals surface area (Å²) in [5.41, 5.74) is 1.88. The minimum absolute atomic E-state index is 0.0288. The second-order valence-electron chi connectivity index (χ2n) is 5.30. The van der Waals surface area contributed by atoms with Crippen LogP contribution in [0.3, 0.4) is 0 Å². The monoisotopic (exact) mass is 403 g/mol. The highest BCUT2D eigenvalue weighted by atomic mass is 35.5. The van der Waals surface area contributed by atoms with Crippen LogP contribution in [-0.2, 0) is 17.9 Å². The van der Waals surface area contributed by atoms with Gasteiger partial charge in [0.05, 0.1) is 29.9 Å². The number of hydrogen-bond donors (Lipinski definition) is 2. The summed E-state index contributed by atoms with van der Waals surface area (Å²) in [7, 11) is 0. The Morgan fingerprint density at radius 2 is 1.80 bits per heavy atom. The van der Waals surface area contributed by atoms with Gasteiger partial charge in [0.1, 0.15) is 12.4 Å². The Hall–Kier alpha value is -1.01. The first-order valence-corrected chi connectivity index (χ1v) is 8.98. The SMILES string of the molecule is OCCOCCNCc1cc(Cl)ccc1OCc1ccc(Cl)c(Cl)c1. The van der Waals surface area contributed by atoms with Crippen LogP contribution in [0.15, 0.2) is 36.4 Å². The van der Waals surface area contributed by atoms with E-state index >= 15 is 0 Å². The van der Waals surface area contributed by atoms with Crippen LogP contribution in [0.1, 0.15) is 11.1 Å². The fourth-order valence-corrected chi connectivity index (χ4v) is 2.67. The zero-order chi connectivity index (χ0) is 18.1.